The third-order valence-electron chi connectivity index (χ3n) is 3.62. The van der Waals surface area contributed by atoms with Crippen molar-refractivity contribution in [1.29, 1.82) is 0 Å². The molecule has 1 N–H and O–H groups in total. The average Bonchev–Trinajstić information content (AvgIpc) is 2.44. The molecule has 0 aliphatic rings. The van der Waals surface area contributed by atoms with E-state index < -0.39 is 0 Å². The minimum absolute atomic E-state index is 0.486. The van der Waals surface area contributed by atoms with E-state index >= 15 is 0 Å². The van der Waals surface area contributed by atoms with E-state index in [1.54, 1.807) is 7.11 Å². The third-order valence-corrected chi connectivity index (χ3v) is 3.62. The van der Waals surface area contributed by atoms with Gasteiger partial charge in [0.2, 0.25) is 0 Å². The number of benzene rings is 1. The Morgan fingerprint density at radius 1 is 1.20 bits per heavy atom. The van der Waals surface area contributed by atoms with Crippen LogP contribution in [0.4, 0.5) is 0 Å². The molecule has 2 unspecified atom stereocenters. The van der Waals surface area contributed by atoms with E-state index in [-0.39, 0.29) is 0 Å². The maximum absolute atomic E-state index is 5.85. The molecule has 0 radical (unpaired) electrons. The van der Waals surface area contributed by atoms with Gasteiger partial charge in [-0.2, -0.15) is 0 Å². The number of hydrogen-bond donors (Lipinski definition) is 1. The topological polar surface area (TPSA) is 30.5 Å². The maximum Gasteiger partial charge on any atom is 0.119 e. The molecule has 1 aromatic rings. The number of methoxy groups -OCH3 is 1. The van der Waals surface area contributed by atoms with Gasteiger partial charge in [-0.25, -0.2) is 0 Å². The first-order valence-electron chi connectivity index (χ1n) is 7.59. The first-order valence-corrected chi connectivity index (χ1v) is 7.59. The molecule has 114 valence electrons. The highest BCUT2D eigenvalue weighted by atomic mass is 16.5. The van der Waals surface area contributed by atoms with Gasteiger partial charge in [-0.05, 0) is 49.9 Å². The number of aryl methyl sites for hydroxylation is 1. The SMILES string of the molecule is CCNC(CCOc1cccc(C)c1)C(C)CCOC. The predicted octanol–water partition coefficient (Wildman–Crippen LogP) is 3.41. The molecule has 0 bridgehead atoms. The number of ether oxygens (including phenoxy) is 2. The van der Waals surface area contributed by atoms with Gasteiger partial charge in [0.05, 0.1) is 6.61 Å². The van der Waals surface area contributed by atoms with Crippen molar-refractivity contribution in [1.82, 2.24) is 5.32 Å². The fourth-order valence-electron chi connectivity index (χ4n) is 2.36. The minimum atomic E-state index is 0.486. The van der Waals surface area contributed by atoms with Crippen molar-refractivity contribution < 1.29 is 9.47 Å². The third kappa shape index (κ3) is 6.40. The molecule has 1 rings (SSSR count). The van der Waals surface area contributed by atoms with E-state index in [2.05, 4.69) is 38.2 Å². The quantitative estimate of drug-likeness (QED) is 0.712. The number of nitrogens with one attached hydrogen (secondary N) is 1. The zero-order valence-corrected chi connectivity index (χ0v) is 13.3. The van der Waals surface area contributed by atoms with Crippen molar-refractivity contribution in [2.75, 3.05) is 26.9 Å². The Balaban J connectivity index is 2.38. The van der Waals surface area contributed by atoms with Crippen molar-refractivity contribution in [3.8, 4) is 5.75 Å². The van der Waals surface area contributed by atoms with Crippen LogP contribution in [0.2, 0.25) is 0 Å². The van der Waals surface area contributed by atoms with Gasteiger partial charge in [0.15, 0.2) is 0 Å². The van der Waals surface area contributed by atoms with Crippen LogP contribution in [-0.2, 0) is 4.74 Å². The van der Waals surface area contributed by atoms with E-state index in [9.17, 15) is 0 Å². The molecule has 0 heterocycles. The Bertz CT molecular complexity index is 368. The van der Waals surface area contributed by atoms with Crippen LogP contribution in [0.3, 0.4) is 0 Å². The van der Waals surface area contributed by atoms with Gasteiger partial charge in [0, 0.05) is 19.8 Å². The lowest BCUT2D eigenvalue weighted by Crippen LogP contribution is -2.36. The van der Waals surface area contributed by atoms with Crippen LogP contribution in [0.1, 0.15) is 32.3 Å². The molecule has 3 nitrogen and oxygen atoms in total. The molecule has 0 aromatic heterocycles. The lowest BCUT2D eigenvalue weighted by molar-refractivity contribution is 0.164. The summed E-state index contributed by atoms with van der Waals surface area (Å²) in [7, 11) is 1.76. The fourth-order valence-corrected chi connectivity index (χ4v) is 2.36. The standard InChI is InChI=1S/C17H29NO2/c1-5-18-17(15(3)9-11-19-4)10-12-20-16-8-6-7-14(2)13-16/h6-8,13,15,17-18H,5,9-12H2,1-4H3. The Labute approximate surface area is 123 Å². The van der Waals surface area contributed by atoms with Crippen LogP contribution >= 0.6 is 0 Å². The van der Waals surface area contributed by atoms with Crippen LogP contribution < -0.4 is 10.1 Å². The van der Waals surface area contributed by atoms with Crippen LogP contribution in [0.5, 0.6) is 5.75 Å². The molecule has 2 atom stereocenters. The highest BCUT2D eigenvalue weighted by Gasteiger charge is 2.16. The van der Waals surface area contributed by atoms with Crippen LogP contribution in [0.15, 0.2) is 24.3 Å². The Morgan fingerprint density at radius 2 is 2.00 bits per heavy atom. The first-order chi connectivity index (χ1) is 9.67. The molecule has 0 aliphatic carbocycles. The van der Waals surface area contributed by atoms with E-state index in [4.69, 9.17) is 9.47 Å². The first kappa shape index (κ1) is 17.0. The van der Waals surface area contributed by atoms with Gasteiger partial charge in [-0.15, -0.1) is 0 Å². The predicted molar refractivity (Wildman–Crippen MR) is 84.4 cm³/mol. The van der Waals surface area contributed by atoms with E-state index in [0.717, 1.165) is 38.3 Å². The Kier molecular flexibility index (Phi) is 8.31. The summed E-state index contributed by atoms with van der Waals surface area (Å²) in [4.78, 5) is 0. The molecule has 20 heavy (non-hydrogen) atoms. The lowest BCUT2D eigenvalue weighted by Gasteiger charge is -2.24. The van der Waals surface area contributed by atoms with Crippen molar-refractivity contribution in [2.24, 2.45) is 5.92 Å². The fraction of sp³-hybridized carbons (Fsp3) is 0.647. The summed E-state index contributed by atoms with van der Waals surface area (Å²) in [6.45, 7) is 9.07. The Morgan fingerprint density at radius 3 is 2.65 bits per heavy atom. The summed E-state index contributed by atoms with van der Waals surface area (Å²) < 4.78 is 11.0. The lowest BCUT2D eigenvalue weighted by atomic mass is 9.96. The molecular formula is C17H29NO2. The van der Waals surface area contributed by atoms with Crippen LogP contribution in [-0.4, -0.2) is 32.9 Å². The molecule has 0 saturated carbocycles. The largest absolute Gasteiger partial charge is 0.494 e. The van der Waals surface area contributed by atoms with Crippen molar-refractivity contribution in [3.05, 3.63) is 29.8 Å². The highest BCUT2D eigenvalue weighted by molar-refractivity contribution is 5.27. The monoisotopic (exact) mass is 279 g/mol. The van der Waals surface area contributed by atoms with Gasteiger partial charge in [0.1, 0.15) is 5.75 Å². The smallest absolute Gasteiger partial charge is 0.119 e. The molecule has 0 spiro atoms. The summed E-state index contributed by atoms with van der Waals surface area (Å²) in [6.07, 6.45) is 2.10. The van der Waals surface area contributed by atoms with E-state index in [1.165, 1.54) is 5.56 Å². The summed E-state index contributed by atoms with van der Waals surface area (Å²) in [5.74, 6) is 1.56. The second kappa shape index (κ2) is 9.78. The molecule has 0 saturated heterocycles. The van der Waals surface area contributed by atoms with Gasteiger partial charge >= 0.3 is 0 Å². The zero-order chi connectivity index (χ0) is 14.8. The van der Waals surface area contributed by atoms with Crippen molar-refractivity contribution in [3.63, 3.8) is 0 Å². The van der Waals surface area contributed by atoms with Crippen molar-refractivity contribution >= 4 is 0 Å². The molecule has 3 heteroatoms. The van der Waals surface area contributed by atoms with Gasteiger partial charge < -0.3 is 14.8 Å². The zero-order valence-electron chi connectivity index (χ0n) is 13.3. The maximum atomic E-state index is 5.85. The summed E-state index contributed by atoms with van der Waals surface area (Å²) in [6, 6.07) is 8.70. The second-order valence-corrected chi connectivity index (χ2v) is 5.38. The van der Waals surface area contributed by atoms with E-state index in [1.807, 2.05) is 12.1 Å². The van der Waals surface area contributed by atoms with Gasteiger partial charge in [-0.1, -0.05) is 26.0 Å². The van der Waals surface area contributed by atoms with E-state index in [0.29, 0.717) is 12.0 Å². The van der Waals surface area contributed by atoms with Crippen LogP contribution in [0.25, 0.3) is 0 Å². The van der Waals surface area contributed by atoms with Crippen molar-refractivity contribution in [2.45, 2.75) is 39.7 Å². The Hall–Kier alpha value is -1.06. The second-order valence-electron chi connectivity index (χ2n) is 5.38. The molecule has 1 aromatic carbocycles. The average molecular weight is 279 g/mol. The summed E-state index contributed by atoms with van der Waals surface area (Å²) >= 11 is 0. The number of hydrogen-bond acceptors (Lipinski definition) is 3. The molecule has 0 aliphatic heterocycles. The van der Waals surface area contributed by atoms with Gasteiger partial charge in [0.25, 0.3) is 0 Å². The molecule has 0 amide bonds. The van der Waals surface area contributed by atoms with Crippen LogP contribution in [0, 0.1) is 12.8 Å². The molecule has 0 fully saturated rings. The minimum Gasteiger partial charge on any atom is -0.494 e. The number of rotatable bonds is 10. The summed E-state index contributed by atoms with van der Waals surface area (Å²) in [5.41, 5.74) is 1.24. The summed E-state index contributed by atoms with van der Waals surface area (Å²) in [5, 5.41) is 3.55. The van der Waals surface area contributed by atoms with Gasteiger partial charge in [-0.3, -0.25) is 0 Å². The molecular weight excluding hydrogens is 250 g/mol. The normalized spacial score (nSPS) is 14.0. The highest BCUT2D eigenvalue weighted by Crippen LogP contribution is 2.15.